The first kappa shape index (κ1) is 14.1. The van der Waals surface area contributed by atoms with Crippen molar-refractivity contribution in [3.63, 3.8) is 0 Å². The summed E-state index contributed by atoms with van der Waals surface area (Å²) in [4.78, 5) is 8.53. The molecule has 106 valence electrons. The van der Waals surface area contributed by atoms with Crippen molar-refractivity contribution in [1.82, 2.24) is 9.97 Å². The monoisotopic (exact) mass is 273 g/mol. The van der Waals surface area contributed by atoms with Crippen LogP contribution in [0.1, 0.15) is 19.4 Å². The number of aryl methyl sites for hydroxylation is 1. The maximum absolute atomic E-state index is 5.78. The van der Waals surface area contributed by atoms with Crippen LogP contribution in [0, 0.1) is 6.92 Å². The number of rotatable bonds is 6. The van der Waals surface area contributed by atoms with Crippen LogP contribution in [0.2, 0.25) is 0 Å². The molecule has 1 aromatic carbocycles. The molecule has 1 aromatic heterocycles. The van der Waals surface area contributed by atoms with Crippen LogP contribution in [0.5, 0.6) is 17.4 Å². The third-order valence-electron chi connectivity index (χ3n) is 2.61. The fourth-order valence-corrected chi connectivity index (χ4v) is 1.66. The van der Waals surface area contributed by atoms with E-state index in [1.807, 2.05) is 45.0 Å². The van der Waals surface area contributed by atoms with E-state index in [2.05, 4.69) is 15.3 Å². The van der Waals surface area contributed by atoms with Crippen LogP contribution in [0.15, 0.2) is 30.5 Å². The highest BCUT2D eigenvalue weighted by Gasteiger charge is 2.06. The summed E-state index contributed by atoms with van der Waals surface area (Å²) >= 11 is 0. The van der Waals surface area contributed by atoms with Crippen molar-refractivity contribution in [1.29, 1.82) is 0 Å². The second kappa shape index (κ2) is 6.75. The van der Waals surface area contributed by atoms with Gasteiger partial charge >= 0.3 is 0 Å². The first-order valence-electron chi connectivity index (χ1n) is 6.71. The van der Waals surface area contributed by atoms with Gasteiger partial charge in [-0.05, 0) is 45.0 Å². The molecule has 0 fully saturated rings. The summed E-state index contributed by atoms with van der Waals surface area (Å²) in [7, 11) is 0. The standard InChI is InChI=1S/C15H19N3O2/c1-4-16-15-17-10-11(3)14(18-15)20-13-8-6-12(7-9-13)19-5-2/h6-10H,4-5H2,1-3H3,(H,16,17,18). The lowest BCUT2D eigenvalue weighted by Crippen LogP contribution is -2.03. The van der Waals surface area contributed by atoms with Crippen molar-refractivity contribution < 1.29 is 9.47 Å². The molecule has 5 heteroatoms. The highest BCUT2D eigenvalue weighted by molar-refractivity contribution is 5.37. The number of nitrogens with one attached hydrogen (secondary N) is 1. The van der Waals surface area contributed by atoms with Crippen molar-refractivity contribution in [2.24, 2.45) is 0 Å². The molecule has 0 aliphatic rings. The molecule has 0 bridgehead atoms. The van der Waals surface area contributed by atoms with Crippen molar-refractivity contribution in [3.8, 4) is 17.4 Å². The lowest BCUT2D eigenvalue weighted by molar-refractivity contribution is 0.339. The Labute approximate surface area is 119 Å². The normalized spacial score (nSPS) is 10.2. The molecule has 2 rings (SSSR count). The zero-order valence-electron chi connectivity index (χ0n) is 12.0. The van der Waals surface area contributed by atoms with E-state index in [0.717, 1.165) is 23.6 Å². The topological polar surface area (TPSA) is 56.3 Å². The summed E-state index contributed by atoms with van der Waals surface area (Å²) in [6, 6.07) is 7.47. The van der Waals surface area contributed by atoms with E-state index in [0.29, 0.717) is 18.4 Å². The van der Waals surface area contributed by atoms with Crippen molar-refractivity contribution in [2.45, 2.75) is 20.8 Å². The number of hydrogen-bond acceptors (Lipinski definition) is 5. The zero-order valence-corrected chi connectivity index (χ0v) is 12.0. The molecule has 0 saturated carbocycles. The van der Waals surface area contributed by atoms with E-state index in [9.17, 15) is 0 Å². The van der Waals surface area contributed by atoms with Gasteiger partial charge in [0.2, 0.25) is 11.8 Å². The van der Waals surface area contributed by atoms with Gasteiger partial charge in [-0.25, -0.2) is 4.98 Å². The number of ether oxygens (including phenoxy) is 2. The summed E-state index contributed by atoms with van der Waals surface area (Å²) in [5.74, 6) is 2.67. The van der Waals surface area contributed by atoms with Crippen LogP contribution in [-0.2, 0) is 0 Å². The van der Waals surface area contributed by atoms with Crippen molar-refractivity contribution >= 4 is 5.95 Å². The summed E-state index contributed by atoms with van der Waals surface area (Å²) in [5.41, 5.74) is 0.889. The minimum atomic E-state index is 0.556. The quantitative estimate of drug-likeness (QED) is 0.874. The van der Waals surface area contributed by atoms with E-state index in [1.54, 1.807) is 6.20 Å². The summed E-state index contributed by atoms with van der Waals surface area (Å²) in [6.45, 7) is 7.29. The van der Waals surface area contributed by atoms with Gasteiger partial charge in [-0.3, -0.25) is 0 Å². The van der Waals surface area contributed by atoms with Gasteiger partial charge in [0.25, 0.3) is 0 Å². The number of aromatic nitrogens is 2. The number of anilines is 1. The molecule has 0 amide bonds. The van der Waals surface area contributed by atoms with E-state index in [1.165, 1.54) is 0 Å². The lowest BCUT2D eigenvalue weighted by Gasteiger charge is -2.10. The molecule has 1 heterocycles. The molecule has 0 unspecified atom stereocenters. The van der Waals surface area contributed by atoms with Crippen LogP contribution in [0.4, 0.5) is 5.95 Å². The average Bonchev–Trinajstić information content (AvgIpc) is 2.45. The molecule has 20 heavy (non-hydrogen) atoms. The summed E-state index contributed by atoms with van der Waals surface area (Å²) in [6.07, 6.45) is 1.74. The summed E-state index contributed by atoms with van der Waals surface area (Å²) in [5, 5.41) is 3.06. The highest BCUT2D eigenvalue weighted by atomic mass is 16.5. The van der Waals surface area contributed by atoms with Gasteiger partial charge in [0.1, 0.15) is 11.5 Å². The van der Waals surface area contributed by atoms with Crippen molar-refractivity contribution in [3.05, 3.63) is 36.0 Å². The molecule has 0 radical (unpaired) electrons. The van der Waals surface area contributed by atoms with Gasteiger partial charge in [0.05, 0.1) is 6.61 Å². The molecule has 0 saturated heterocycles. The van der Waals surface area contributed by atoms with E-state index < -0.39 is 0 Å². The lowest BCUT2D eigenvalue weighted by atomic mass is 10.3. The minimum Gasteiger partial charge on any atom is -0.494 e. The Morgan fingerprint density at radius 3 is 2.45 bits per heavy atom. The molecule has 2 aromatic rings. The van der Waals surface area contributed by atoms with Crippen LogP contribution >= 0.6 is 0 Å². The first-order chi connectivity index (χ1) is 9.72. The molecule has 0 spiro atoms. The van der Waals surface area contributed by atoms with Crippen LogP contribution in [-0.4, -0.2) is 23.1 Å². The van der Waals surface area contributed by atoms with Gasteiger partial charge < -0.3 is 14.8 Å². The fourth-order valence-electron chi connectivity index (χ4n) is 1.66. The first-order valence-corrected chi connectivity index (χ1v) is 6.71. The smallest absolute Gasteiger partial charge is 0.226 e. The maximum Gasteiger partial charge on any atom is 0.226 e. The largest absolute Gasteiger partial charge is 0.494 e. The molecular formula is C15H19N3O2. The summed E-state index contributed by atoms with van der Waals surface area (Å²) < 4.78 is 11.2. The number of nitrogens with zero attached hydrogens (tertiary/aromatic N) is 2. The Hall–Kier alpha value is -2.30. The van der Waals surface area contributed by atoms with Gasteiger partial charge in [-0.2, -0.15) is 4.98 Å². The molecule has 0 atom stereocenters. The Kier molecular flexibility index (Phi) is 4.76. The van der Waals surface area contributed by atoms with Gasteiger partial charge in [-0.1, -0.05) is 0 Å². The SMILES string of the molecule is CCNc1ncc(C)c(Oc2ccc(OCC)cc2)n1. The van der Waals surface area contributed by atoms with Gasteiger partial charge in [0.15, 0.2) is 0 Å². The molecule has 1 N–H and O–H groups in total. The maximum atomic E-state index is 5.78. The Morgan fingerprint density at radius 1 is 1.10 bits per heavy atom. The van der Waals surface area contributed by atoms with E-state index >= 15 is 0 Å². The zero-order chi connectivity index (χ0) is 14.4. The second-order valence-electron chi connectivity index (χ2n) is 4.22. The Bertz CT molecular complexity index is 556. The molecular weight excluding hydrogens is 254 g/mol. The predicted molar refractivity (Wildman–Crippen MR) is 78.6 cm³/mol. The number of benzene rings is 1. The second-order valence-corrected chi connectivity index (χ2v) is 4.22. The van der Waals surface area contributed by atoms with Gasteiger partial charge in [0, 0.05) is 18.3 Å². The predicted octanol–water partition coefficient (Wildman–Crippen LogP) is 3.41. The third kappa shape index (κ3) is 3.60. The minimum absolute atomic E-state index is 0.556. The van der Waals surface area contributed by atoms with E-state index in [-0.39, 0.29) is 0 Å². The fraction of sp³-hybridized carbons (Fsp3) is 0.333. The average molecular weight is 273 g/mol. The van der Waals surface area contributed by atoms with Crippen molar-refractivity contribution in [2.75, 3.05) is 18.5 Å². The van der Waals surface area contributed by atoms with Crippen LogP contribution in [0.3, 0.4) is 0 Å². The molecule has 0 aliphatic heterocycles. The Balaban J connectivity index is 2.14. The van der Waals surface area contributed by atoms with Crippen LogP contribution < -0.4 is 14.8 Å². The van der Waals surface area contributed by atoms with Crippen LogP contribution in [0.25, 0.3) is 0 Å². The highest BCUT2D eigenvalue weighted by Crippen LogP contribution is 2.25. The van der Waals surface area contributed by atoms with E-state index in [4.69, 9.17) is 9.47 Å². The third-order valence-corrected chi connectivity index (χ3v) is 2.61. The Morgan fingerprint density at radius 2 is 1.80 bits per heavy atom. The molecule has 5 nitrogen and oxygen atoms in total. The van der Waals surface area contributed by atoms with Gasteiger partial charge in [-0.15, -0.1) is 0 Å². The molecule has 0 aliphatic carbocycles. The number of hydrogen-bond donors (Lipinski definition) is 1.